The first kappa shape index (κ1) is 14.5. The van der Waals surface area contributed by atoms with Crippen LogP contribution in [0, 0.1) is 11.3 Å². The number of benzene rings is 1. The lowest BCUT2D eigenvalue weighted by Crippen LogP contribution is -2.54. The van der Waals surface area contributed by atoms with E-state index in [2.05, 4.69) is 0 Å². The van der Waals surface area contributed by atoms with Crippen LogP contribution in [0.2, 0.25) is 0 Å². The van der Waals surface area contributed by atoms with Crippen LogP contribution in [0.15, 0.2) is 29.2 Å². The van der Waals surface area contributed by atoms with Crippen LogP contribution in [0.1, 0.15) is 31.2 Å². The van der Waals surface area contributed by atoms with E-state index in [-0.39, 0.29) is 17.0 Å². The van der Waals surface area contributed by atoms with E-state index in [0.29, 0.717) is 18.7 Å². The standard InChI is InChI=1S/C15H18N2O3S/c16-11-12-4-3-5-13(10-12)21(18,19)17-8-9-20-15-7-2-1-6-14(15)17/h3-5,10,14-15H,1-2,6-9H2/t14-,15+/m1/s1. The predicted octanol–water partition coefficient (Wildman–Crippen LogP) is 1.89. The van der Waals surface area contributed by atoms with Crippen LogP contribution >= 0.6 is 0 Å². The van der Waals surface area contributed by atoms with Crippen LogP contribution in [0.3, 0.4) is 0 Å². The maximum atomic E-state index is 12.9. The van der Waals surface area contributed by atoms with Gasteiger partial charge in [-0.05, 0) is 31.0 Å². The minimum absolute atomic E-state index is 0.0152. The topological polar surface area (TPSA) is 70.4 Å². The maximum Gasteiger partial charge on any atom is 0.243 e. The second kappa shape index (κ2) is 5.76. The van der Waals surface area contributed by atoms with Gasteiger partial charge in [0.2, 0.25) is 10.0 Å². The smallest absolute Gasteiger partial charge is 0.243 e. The summed E-state index contributed by atoms with van der Waals surface area (Å²) in [4.78, 5) is 0.202. The van der Waals surface area contributed by atoms with Crippen molar-refractivity contribution in [3.63, 3.8) is 0 Å². The van der Waals surface area contributed by atoms with Gasteiger partial charge < -0.3 is 4.74 Å². The van der Waals surface area contributed by atoms with Crippen LogP contribution in [0.25, 0.3) is 0 Å². The summed E-state index contributed by atoms with van der Waals surface area (Å²) in [5.74, 6) is 0. The van der Waals surface area contributed by atoms with Gasteiger partial charge in [0, 0.05) is 6.54 Å². The highest BCUT2D eigenvalue weighted by molar-refractivity contribution is 7.89. The molecule has 21 heavy (non-hydrogen) atoms. The number of rotatable bonds is 2. The van der Waals surface area contributed by atoms with E-state index < -0.39 is 10.0 Å². The molecule has 0 aromatic heterocycles. The third kappa shape index (κ3) is 2.69. The molecule has 3 rings (SSSR count). The van der Waals surface area contributed by atoms with E-state index in [1.54, 1.807) is 22.5 Å². The molecule has 5 nitrogen and oxygen atoms in total. The largest absolute Gasteiger partial charge is 0.375 e. The average Bonchev–Trinajstić information content (AvgIpc) is 2.54. The quantitative estimate of drug-likeness (QED) is 0.836. The summed E-state index contributed by atoms with van der Waals surface area (Å²) in [5.41, 5.74) is 0.365. The Morgan fingerprint density at radius 3 is 2.90 bits per heavy atom. The molecule has 0 unspecified atom stereocenters. The fourth-order valence-corrected chi connectivity index (χ4v) is 4.93. The van der Waals surface area contributed by atoms with Gasteiger partial charge >= 0.3 is 0 Å². The highest BCUT2D eigenvalue weighted by Crippen LogP contribution is 2.32. The van der Waals surface area contributed by atoms with Crippen molar-refractivity contribution in [2.75, 3.05) is 13.2 Å². The van der Waals surface area contributed by atoms with Gasteiger partial charge in [0.25, 0.3) is 0 Å². The van der Waals surface area contributed by atoms with Gasteiger partial charge in [-0.15, -0.1) is 0 Å². The first-order valence-electron chi connectivity index (χ1n) is 7.26. The molecular formula is C15H18N2O3S. The number of hydrogen-bond acceptors (Lipinski definition) is 4. The fourth-order valence-electron chi connectivity index (χ4n) is 3.22. The van der Waals surface area contributed by atoms with Gasteiger partial charge in [0.05, 0.1) is 35.3 Å². The van der Waals surface area contributed by atoms with E-state index in [9.17, 15) is 8.42 Å². The molecule has 2 atom stereocenters. The average molecular weight is 306 g/mol. The number of nitrogens with zero attached hydrogens (tertiary/aromatic N) is 2. The van der Waals surface area contributed by atoms with Crippen LogP contribution in [0.5, 0.6) is 0 Å². The fraction of sp³-hybridized carbons (Fsp3) is 0.533. The van der Waals surface area contributed by atoms with Crippen LogP contribution in [-0.4, -0.2) is 38.0 Å². The summed E-state index contributed by atoms with van der Waals surface area (Å²) in [6.07, 6.45) is 3.92. The SMILES string of the molecule is N#Cc1cccc(S(=O)(=O)N2CCO[C@H]3CCCC[C@H]32)c1. The zero-order valence-corrected chi connectivity index (χ0v) is 12.6. The molecule has 6 heteroatoms. The van der Waals surface area contributed by atoms with E-state index in [4.69, 9.17) is 10.00 Å². The normalized spacial score (nSPS) is 26.8. The van der Waals surface area contributed by atoms with Gasteiger partial charge in [-0.2, -0.15) is 9.57 Å². The van der Waals surface area contributed by atoms with E-state index in [1.807, 2.05) is 6.07 Å². The second-order valence-corrected chi connectivity index (χ2v) is 7.41. The lowest BCUT2D eigenvalue weighted by molar-refractivity contribution is -0.0586. The molecular weight excluding hydrogens is 288 g/mol. The summed E-state index contributed by atoms with van der Waals surface area (Å²) in [7, 11) is -3.56. The van der Waals surface area contributed by atoms with Crippen molar-refractivity contribution in [1.29, 1.82) is 5.26 Å². The van der Waals surface area contributed by atoms with Gasteiger partial charge in [-0.1, -0.05) is 18.9 Å². The van der Waals surface area contributed by atoms with Gasteiger partial charge in [0.15, 0.2) is 0 Å². The molecule has 0 N–H and O–H groups in total. The first-order chi connectivity index (χ1) is 10.1. The highest BCUT2D eigenvalue weighted by Gasteiger charge is 2.40. The monoisotopic (exact) mass is 306 g/mol. The lowest BCUT2D eigenvalue weighted by atomic mass is 9.91. The molecule has 1 heterocycles. The number of nitriles is 1. The van der Waals surface area contributed by atoms with Gasteiger partial charge in [-0.25, -0.2) is 8.42 Å². The van der Waals surface area contributed by atoms with Crippen LogP contribution in [0.4, 0.5) is 0 Å². The minimum Gasteiger partial charge on any atom is -0.375 e. The molecule has 1 saturated heterocycles. The second-order valence-electron chi connectivity index (χ2n) is 5.52. The number of hydrogen-bond donors (Lipinski definition) is 0. The summed E-state index contributed by atoms with van der Waals surface area (Å²) in [5, 5.41) is 8.95. The Hall–Kier alpha value is -1.42. The van der Waals surface area contributed by atoms with Crippen molar-refractivity contribution < 1.29 is 13.2 Å². The molecule has 1 aliphatic carbocycles. The Kier molecular flexibility index (Phi) is 3.98. The van der Waals surface area contributed by atoms with Crippen LogP contribution < -0.4 is 0 Å². The third-order valence-corrected chi connectivity index (χ3v) is 6.17. The Morgan fingerprint density at radius 1 is 1.29 bits per heavy atom. The van der Waals surface area contributed by atoms with Crippen molar-refractivity contribution >= 4 is 10.0 Å². The maximum absolute atomic E-state index is 12.9. The molecule has 1 aliphatic heterocycles. The van der Waals surface area contributed by atoms with Crippen molar-refractivity contribution in [2.24, 2.45) is 0 Å². The number of ether oxygens (including phenoxy) is 1. The number of sulfonamides is 1. The number of fused-ring (bicyclic) bond motifs is 1. The minimum atomic E-state index is -3.56. The summed E-state index contributed by atoms with van der Waals surface area (Å²) >= 11 is 0. The zero-order valence-electron chi connectivity index (χ0n) is 11.7. The molecule has 112 valence electrons. The summed E-state index contributed by atoms with van der Waals surface area (Å²) in [6.45, 7) is 0.832. The number of morpholine rings is 1. The third-order valence-electron chi connectivity index (χ3n) is 4.25. The Morgan fingerprint density at radius 2 is 2.10 bits per heavy atom. The molecule has 1 saturated carbocycles. The molecule has 0 amide bonds. The Balaban J connectivity index is 1.94. The van der Waals surface area contributed by atoms with Crippen molar-refractivity contribution in [3.8, 4) is 6.07 Å². The van der Waals surface area contributed by atoms with Gasteiger partial charge in [0.1, 0.15) is 0 Å². The molecule has 2 fully saturated rings. The van der Waals surface area contributed by atoms with E-state index >= 15 is 0 Å². The molecule has 1 aromatic rings. The van der Waals surface area contributed by atoms with Crippen molar-refractivity contribution in [1.82, 2.24) is 4.31 Å². The lowest BCUT2D eigenvalue weighted by Gasteiger charge is -2.42. The molecule has 0 bridgehead atoms. The highest BCUT2D eigenvalue weighted by atomic mass is 32.2. The Labute approximate surface area is 125 Å². The summed E-state index contributed by atoms with van der Waals surface area (Å²) < 4.78 is 33.1. The molecule has 1 aromatic carbocycles. The predicted molar refractivity (Wildman–Crippen MR) is 77.0 cm³/mol. The van der Waals surface area contributed by atoms with E-state index in [1.165, 1.54) is 6.07 Å². The first-order valence-corrected chi connectivity index (χ1v) is 8.70. The van der Waals surface area contributed by atoms with Crippen molar-refractivity contribution in [2.45, 2.75) is 42.7 Å². The Bertz CT molecular complexity index is 664. The molecule has 2 aliphatic rings. The van der Waals surface area contributed by atoms with E-state index in [0.717, 1.165) is 25.7 Å². The zero-order chi connectivity index (χ0) is 14.9. The van der Waals surface area contributed by atoms with Gasteiger partial charge in [-0.3, -0.25) is 0 Å². The summed E-state index contributed by atoms with van der Waals surface area (Å²) in [6, 6.07) is 8.16. The van der Waals surface area contributed by atoms with Crippen molar-refractivity contribution in [3.05, 3.63) is 29.8 Å². The molecule has 0 spiro atoms. The molecule has 0 radical (unpaired) electrons. The van der Waals surface area contributed by atoms with Crippen LogP contribution in [-0.2, 0) is 14.8 Å².